The Morgan fingerprint density at radius 2 is 2.15 bits per heavy atom. The summed E-state index contributed by atoms with van der Waals surface area (Å²) in [7, 11) is 3.46. The third-order valence-corrected chi connectivity index (χ3v) is 3.47. The van der Waals surface area contributed by atoms with Gasteiger partial charge in [-0.3, -0.25) is 0 Å². The highest BCUT2D eigenvalue weighted by atomic mass is 16.7. The number of methoxy groups -OCH3 is 2. The lowest BCUT2D eigenvalue weighted by Crippen LogP contribution is -2.46. The molecule has 1 saturated heterocycles. The van der Waals surface area contributed by atoms with Crippen molar-refractivity contribution in [1.29, 1.82) is 0 Å². The molecule has 2 aliphatic rings. The average molecular weight is 186 g/mol. The third-order valence-electron chi connectivity index (χ3n) is 3.47. The molecule has 0 aromatic rings. The molecule has 3 heteroatoms. The van der Waals surface area contributed by atoms with E-state index in [4.69, 9.17) is 14.2 Å². The van der Waals surface area contributed by atoms with Gasteiger partial charge in [0.05, 0.1) is 6.10 Å². The van der Waals surface area contributed by atoms with Crippen LogP contribution >= 0.6 is 0 Å². The van der Waals surface area contributed by atoms with E-state index in [9.17, 15) is 0 Å². The largest absolute Gasteiger partial charge is 0.375 e. The summed E-state index contributed by atoms with van der Waals surface area (Å²) in [6.07, 6.45) is 3.74. The molecule has 4 unspecified atom stereocenters. The van der Waals surface area contributed by atoms with Gasteiger partial charge in [-0.1, -0.05) is 0 Å². The first-order chi connectivity index (χ1) is 6.23. The van der Waals surface area contributed by atoms with E-state index >= 15 is 0 Å². The lowest BCUT2D eigenvalue weighted by Gasteiger charge is -2.36. The van der Waals surface area contributed by atoms with Crippen LogP contribution in [-0.2, 0) is 14.2 Å². The molecule has 0 aromatic carbocycles. The van der Waals surface area contributed by atoms with Crippen molar-refractivity contribution in [3.63, 3.8) is 0 Å². The van der Waals surface area contributed by atoms with Gasteiger partial charge in [-0.25, -0.2) is 0 Å². The minimum Gasteiger partial charge on any atom is -0.375 e. The predicted molar refractivity (Wildman–Crippen MR) is 48.4 cm³/mol. The van der Waals surface area contributed by atoms with Gasteiger partial charge < -0.3 is 14.2 Å². The molecule has 1 aliphatic heterocycles. The Morgan fingerprint density at radius 1 is 1.38 bits per heavy atom. The summed E-state index contributed by atoms with van der Waals surface area (Å²) in [6, 6.07) is 0. The molecule has 0 aromatic heterocycles. The normalized spacial score (nSPS) is 49.6. The molecule has 0 spiro atoms. The smallest absolute Gasteiger partial charge is 0.195 e. The summed E-state index contributed by atoms with van der Waals surface area (Å²) >= 11 is 0. The quantitative estimate of drug-likeness (QED) is 0.655. The van der Waals surface area contributed by atoms with Crippen LogP contribution in [-0.4, -0.2) is 32.2 Å². The van der Waals surface area contributed by atoms with Crippen molar-refractivity contribution in [2.75, 3.05) is 14.2 Å². The third kappa shape index (κ3) is 1.22. The maximum Gasteiger partial charge on any atom is 0.195 e. The van der Waals surface area contributed by atoms with Crippen molar-refractivity contribution in [1.82, 2.24) is 0 Å². The Morgan fingerprint density at radius 3 is 2.69 bits per heavy atom. The van der Waals surface area contributed by atoms with Gasteiger partial charge in [0.2, 0.25) is 0 Å². The average Bonchev–Trinajstić information content (AvgIpc) is 2.30. The van der Waals surface area contributed by atoms with E-state index in [0.29, 0.717) is 5.92 Å². The van der Waals surface area contributed by atoms with E-state index in [1.807, 2.05) is 0 Å². The predicted octanol–water partition coefficient (Wildman–Crippen LogP) is 1.56. The highest BCUT2D eigenvalue weighted by molar-refractivity contribution is 4.99. The molecule has 0 amide bonds. The highest BCUT2D eigenvalue weighted by Gasteiger charge is 2.56. The molecular formula is C10H18O3. The fourth-order valence-electron chi connectivity index (χ4n) is 2.83. The maximum atomic E-state index is 5.88. The van der Waals surface area contributed by atoms with Gasteiger partial charge >= 0.3 is 0 Å². The van der Waals surface area contributed by atoms with Crippen LogP contribution in [0.1, 0.15) is 26.2 Å². The molecule has 4 atom stereocenters. The van der Waals surface area contributed by atoms with Crippen LogP contribution in [0.4, 0.5) is 0 Å². The van der Waals surface area contributed by atoms with Crippen molar-refractivity contribution in [2.45, 2.75) is 44.2 Å². The zero-order chi connectivity index (χ0) is 9.47. The van der Waals surface area contributed by atoms with E-state index in [0.717, 1.165) is 6.42 Å². The van der Waals surface area contributed by atoms with E-state index in [1.165, 1.54) is 12.8 Å². The summed E-state index contributed by atoms with van der Waals surface area (Å²) in [4.78, 5) is 0. The summed E-state index contributed by atoms with van der Waals surface area (Å²) in [5.41, 5.74) is 0. The SMILES string of the molecule is COC1C2CCCC1(OC)OC2C. The first-order valence-electron chi connectivity index (χ1n) is 4.99. The van der Waals surface area contributed by atoms with Crippen LogP contribution in [0.15, 0.2) is 0 Å². The molecule has 13 heavy (non-hydrogen) atoms. The molecule has 0 radical (unpaired) electrons. The van der Waals surface area contributed by atoms with Gasteiger partial charge in [-0.15, -0.1) is 0 Å². The van der Waals surface area contributed by atoms with Crippen LogP contribution in [0.3, 0.4) is 0 Å². The van der Waals surface area contributed by atoms with Gasteiger partial charge in [0.15, 0.2) is 5.79 Å². The molecule has 2 bridgehead atoms. The van der Waals surface area contributed by atoms with Crippen molar-refractivity contribution in [3.05, 3.63) is 0 Å². The molecule has 1 aliphatic carbocycles. The first-order valence-corrected chi connectivity index (χ1v) is 4.99. The number of hydrogen-bond acceptors (Lipinski definition) is 3. The molecular weight excluding hydrogens is 168 g/mol. The van der Waals surface area contributed by atoms with Gasteiger partial charge in [0.1, 0.15) is 6.10 Å². The molecule has 1 saturated carbocycles. The second-order valence-electron chi connectivity index (χ2n) is 4.05. The molecule has 76 valence electrons. The van der Waals surface area contributed by atoms with Crippen LogP contribution in [0.2, 0.25) is 0 Å². The summed E-state index contributed by atoms with van der Waals surface area (Å²) in [5, 5.41) is 0. The Hall–Kier alpha value is -0.120. The Labute approximate surface area is 79.4 Å². The Bertz CT molecular complexity index is 195. The highest BCUT2D eigenvalue weighted by Crippen LogP contribution is 2.47. The van der Waals surface area contributed by atoms with Gasteiger partial charge in [0.25, 0.3) is 0 Å². The van der Waals surface area contributed by atoms with Crippen molar-refractivity contribution < 1.29 is 14.2 Å². The Balaban J connectivity index is 2.24. The van der Waals surface area contributed by atoms with Crippen LogP contribution in [0.5, 0.6) is 0 Å². The topological polar surface area (TPSA) is 27.7 Å². The van der Waals surface area contributed by atoms with Gasteiger partial charge in [0, 0.05) is 26.6 Å². The van der Waals surface area contributed by atoms with Gasteiger partial charge in [-0.2, -0.15) is 0 Å². The number of hydrogen-bond donors (Lipinski definition) is 0. The van der Waals surface area contributed by atoms with Crippen molar-refractivity contribution in [3.8, 4) is 0 Å². The summed E-state index contributed by atoms with van der Waals surface area (Å²) < 4.78 is 16.9. The number of rotatable bonds is 2. The number of ether oxygens (including phenoxy) is 3. The summed E-state index contributed by atoms with van der Waals surface area (Å²) in [6.45, 7) is 2.11. The maximum absolute atomic E-state index is 5.88. The van der Waals surface area contributed by atoms with Crippen LogP contribution in [0.25, 0.3) is 0 Å². The minimum absolute atomic E-state index is 0.126. The standard InChI is InChI=1S/C10H18O3/c1-7-8-5-4-6-10(12-3,13-7)9(8)11-2/h7-9H,4-6H2,1-3H3. The number of fused-ring (bicyclic) bond motifs is 2. The lowest BCUT2D eigenvalue weighted by molar-refractivity contribution is -0.254. The second kappa shape index (κ2) is 3.23. The van der Waals surface area contributed by atoms with Crippen LogP contribution in [0, 0.1) is 5.92 Å². The zero-order valence-corrected chi connectivity index (χ0v) is 8.58. The van der Waals surface area contributed by atoms with E-state index < -0.39 is 5.79 Å². The van der Waals surface area contributed by atoms with Crippen LogP contribution < -0.4 is 0 Å². The molecule has 2 rings (SSSR count). The molecule has 2 fully saturated rings. The minimum atomic E-state index is -0.447. The van der Waals surface area contributed by atoms with E-state index in [1.54, 1.807) is 14.2 Å². The molecule has 0 N–H and O–H groups in total. The monoisotopic (exact) mass is 186 g/mol. The molecule has 3 nitrogen and oxygen atoms in total. The fourth-order valence-corrected chi connectivity index (χ4v) is 2.83. The Kier molecular flexibility index (Phi) is 2.34. The van der Waals surface area contributed by atoms with Gasteiger partial charge in [-0.05, 0) is 19.8 Å². The fraction of sp³-hybridized carbons (Fsp3) is 1.00. The van der Waals surface area contributed by atoms with Crippen molar-refractivity contribution >= 4 is 0 Å². The second-order valence-corrected chi connectivity index (χ2v) is 4.05. The first kappa shape index (κ1) is 9.44. The lowest BCUT2D eigenvalue weighted by atomic mass is 9.82. The molecule has 1 heterocycles. The van der Waals surface area contributed by atoms with E-state index in [-0.39, 0.29) is 12.2 Å². The summed E-state index contributed by atoms with van der Waals surface area (Å²) in [5.74, 6) is 0.0653. The van der Waals surface area contributed by atoms with Crippen molar-refractivity contribution in [2.24, 2.45) is 5.92 Å². The van der Waals surface area contributed by atoms with E-state index in [2.05, 4.69) is 6.92 Å². The zero-order valence-electron chi connectivity index (χ0n) is 8.58.